The van der Waals surface area contributed by atoms with Crippen LogP contribution in [0.15, 0.2) is 24.3 Å². The van der Waals surface area contributed by atoms with Crippen molar-refractivity contribution in [3.05, 3.63) is 35.4 Å². The van der Waals surface area contributed by atoms with Crippen molar-refractivity contribution in [1.82, 2.24) is 5.32 Å². The van der Waals surface area contributed by atoms with Crippen molar-refractivity contribution in [3.63, 3.8) is 0 Å². The molecule has 1 atom stereocenters. The highest BCUT2D eigenvalue weighted by molar-refractivity contribution is 5.78. The SMILES string of the molecule is COCC(NC(=O)Cc1ccc(CN)cc1)C(C)C. The van der Waals surface area contributed by atoms with Crippen LogP contribution in [-0.4, -0.2) is 25.7 Å². The molecule has 0 radical (unpaired) electrons. The number of nitrogens with one attached hydrogen (secondary N) is 1. The molecule has 1 unspecified atom stereocenters. The lowest BCUT2D eigenvalue weighted by atomic mass is 10.0. The van der Waals surface area contributed by atoms with E-state index in [4.69, 9.17) is 10.5 Å². The van der Waals surface area contributed by atoms with E-state index in [0.29, 0.717) is 25.5 Å². The topological polar surface area (TPSA) is 64.3 Å². The number of carbonyl (C=O) groups excluding carboxylic acids is 1. The summed E-state index contributed by atoms with van der Waals surface area (Å²) in [7, 11) is 1.65. The van der Waals surface area contributed by atoms with Gasteiger partial charge in [-0.05, 0) is 17.0 Å². The predicted octanol–water partition coefficient (Wildman–Crippen LogP) is 1.47. The van der Waals surface area contributed by atoms with Gasteiger partial charge in [0, 0.05) is 13.7 Å². The average molecular weight is 264 g/mol. The third-order valence-electron chi connectivity index (χ3n) is 3.12. The van der Waals surface area contributed by atoms with Gasteiger partial charge in [-0.15, -0.1) is 0 Å². The molecule has 1 aromatic rings. The fourth-order valence-corrected chi connectivity index (χ4v) is 1.82. The normalized spacial score (nSPS) is 12.5. The minimum atomic E-state index is 0.0243. The lowest BCUT2D eigenvalue weighted by molar-refractivity contribution is -0.121. The lowest BCUT2D eigenvalue weighted by Crippen LogP contribution is -2.42. The van der Waals surface area contributed by atoms with Crippen molar-refractivity contribution in [2.24, 2.45) is 11.7 Å². The second-order valence-corrected chi connectivity index (χ2v) is 5.07. The van der Waals surface area contributed by atoms with Gasteiger partial charge in [0.2, 0.25) is 5.91 Å². The van der Waals surface area contributed by atoms with Gasteiger partial charge >= 0.3 is 0 Å². The maximum Gasteiger partial charge on any atom is 0.224 e. The highest BCUT2D eigenvalue weighted by Crippen LogP contribution is 2.06. The lowest BCUT2D eigenvalue weighted by Gasteiger charge is -2.21. The molecule has 0 saturated heterocycles. The van der Waals surface area contributed by atoms with Crippen LogP contribution in [0.1, 0.15) is 25.0 Å². The predicted molar refractivity (Wildman–Crippen MR) is 76.7 cm³/mol. The molecule has 0 aromatic heterocycles. The Kier molecular flexibility index (Phi) is 6.53. The van der Waals surface area contributed by atoms with Crippen molar-refractivity contribution in [3.8, 4) is 0 Å². The Bertz CT molecular complexity index is 388. The summed E-state index contributed by atoms with van der Waals surface area (Å²) in [6.45, 7) is 5.20. The molecule has 4 heteroatoms. The summed E-state index contributed by atoms with van der Waals surface area (Å²) in [6.07, 6.45) is 0.387. The molecule has 19 heavy (non-hydrogen) atoms. The molecule has 1 amide bonds. The Labute approximate surface area is 115 Å². The van der Waals surface area contributed by atoms with Gasteiger partial charge in [0.15, 0.2) is 0 Å². The Morgan fingerprint density at radius 1 is 1.26 bits per heavy atom. The van der Waals surface area contributed by atoms with Gasteiger partial charge in [-0.25, -0.2) is 0 Å². The maximum atomic E-state index is 12.0. The van der Waals surface area contributed by atoms with Gasteiger partial charge < -0.3 is 15.8 Å². The van der Waals surface area contributed by atoms with Crippen molar-refractivity contribution in [2.45, 2.75) is 32.9 Å². The van der Waals surface area contributed by atoms with Crippen LogP contribution >= 0.6 is 0 Å². The van der Waals surface area contributed by atoms with E-state index in [1.54, 1.807) is 7.11 Å². The average Bonchev–Trinajstić information content (AvgIpc) is 2.39. The molecule has 0 aliphatic heterocycles. The first kappa shape index (κ1) is 15.7. The van der Waals surface area contributed by atoms with Crippen LogP contribution in [0.2, 0.25) is 0 Å². The zero-order valence-electron chi connectivity index (χ0n) is 12.0. The fraction of sp³-hybridized carbons (Fsp3) is 0.533. The zero-order valence-corrected chi connectivity index (χ0v) is 12.0. The summed E-state index contributed by atoms with van der Waals surface area (Å²) in [6, 6.07) is 7.86. The van der Waals surface area contributed by atoms with E-state index >= 15 is 0 Å². The number of hydrogen-bond acceptors (Lipinski definition) is 3. The second-order valence-electron chi connectivity index (χ2n) is 5.07. The number of ether oxygens (including phenoxy) is 1. The van der Waals surface area contributed by atoms with E-state index in [-0.39, 0.29) is 11.9 Å². The number of carbonyl (C=O) groups is 1. The van der Waals surface area contributed by atoms with Crippen LogP contribution in [-0.2, 0) is 22.5 Å². The summed E-state index contributed by atoms with van der Waals surface area (Å²) < 4.78 is 5.12. The maximum absolute atomic E-state index is 12.0. The first-order chi connectivity index (χ1) is 9.06. The summed E-state index contributed by atoms with van der Waals surface area (Å²) in [4.78, 5) is 12.0. The molecule has 0 aliphatic rings. The van der Waals surface area contributed by atoms with Gasteiger partial charge in [0.1, 0.15) is 0 Å². The van der Waals surface area contributed by atoms with Crippen LogP contribution in [0, 0.1) is 5.92 Å². The molecular weight excluding hydrogens is 240 g/mol. The molecule has 4 nitrogen and oxygen atoms in total. The van der Waals surface area contributed by atoms with E-state index in [0.717, 1.165) is 11.1 Å². The Morgan fingerprint density at radius 2 is 1.84 bits per heavy atom. The number of methoxy groups -OCH3 is 1. The van der Waals surface area contributed by atoms with E-state index in [1.807, 2.05) is 24.3 Å². The number of hydrogen-bond donors (Lipinski definition) is 2. The molecule has 0 spiro atoms. The minimum Gasteiger partial charge on any atom is -0.383 e. The van der Waals surface area contributed by atoms with Gasteiger partial charge in [-0.1, -0.05) is 38.1 Å². The van der Waals surface area contributed by atoms with Crippen molar-refractivity contribution >= 4 is 5.91 Å². The van der Waals surface area contributed by atoms with E-state index in [2.05, 4.69) is 19.2 Å². The first-order valence-electron chi connectivity index (χ1n) is 6.63. The Hall–Kier alpha value is -1.39. The molecule has 1 aromatic carbocycles. The second kappa shape index (κ2) is 7.92. The Morgan fingerprint density at radius 3 is 2.32 bits per heavy atom. The molecule has 0 saturated carbocycles. The van der Waals surface area contributed by atoms with Gasteiger partial charge in [0.25, 0.3) is 0 Å². The third-order valence-corrected chi connectivity index (χ3v) is 3.12. The van der Waals surface area contributed by atoms with Crippen LogP contribution < -0.4 is 11.1 Å². The van der Waals surface area contributed by atoms with Crippen LogP contribution in [0.3, 0.4) is 0 Å². The number of nitrogens with two attached hydrogens (primary N) is 1. The zero-order chi connectivity index (χ0) is 14.3. The number of amides is 1. The summed E-state index contributed by atoms with van der Waals surface area (Å²) in [5, 5.41) is 3.01. The van der Waals surface area contributed by atoms with Crippen molar-refractivity contribution in [1.29, 1.82) is 0 Å². The molecule has 0 bridgehead atoms. The number of benzene rings is 1. The van der Waals surface area contributed by atoms with E-state index < -0.39 is 0 Å². The van der Waals surface area contributed by atoms with E-state index in [9.17, 15) is 4.79 Å². The van der Waals surface area contributed by atoms with E-state index in [1.165, 1.54) is 0 Å². The largest absolute Gasteiger partial charge is 0.383 e. The van der Waals surface area contributed by atoms with Crippen molar-refractivity contribution in [2.75, 3.05) is 13.7 Å². The Balaban J connectivity index is 2.53. The monoisotopic (exact) mass is 264 g/mol. The van der Waals surface area contributed by atoms with Crippen molar-refractivity contribution < 1.29 is 9.53 Å². The molecule has 0 fully saturated rings. The first-order valence-corrected chi connectivity index (χ1v) is 6.63. The molecule has 3 N–H and O–H groups in total. The molecule has 0 heterocycles. The molecule has 1 rings (SSSR count). The summed E-state index contributed by atoms with van der Waals surface area (Å²) in [5.41, 5.74) is 7.61. The molecular formula is C15H24N2O2. The standard InChI is InChI=1S/C15H24N2O2/c1-11(2)14(10-19-3)17-15(18)8-12-4-6-13(9-16)7-5-12/h4-7,11,14H,8-10,16H2,1-3H3,(H,17,18). The van der Waals surface area contributed by atoms with Crippen LogP contribution in [0.4, 0.5) is 0 Å². The fourth-order valence-electron chi connectivity index (χ4n) is 1.82. The number of rotatable bonds is 7. The summed E-state index contributed by atoms with van der Waals surface area (Å²) in [5.74, 6) is 0.375. The highest BCUT2D eigenvalue weighted by Gasteiger charge is 2.15. The summed E-state index contributed by atoms with van der Waals surface area (Å²) >= 11 is 0. The van der Waals surface area contributed by atoms with Crippen LogP contribution in [0.25, 0.3) is 0 Å². The smallest absolute Gasteiger partial charge is 0.224 e. The van der Waals surface area contributed by atoms with Gasteiger partial charge in [0.05, 0.1) is 19.1 Å². The highest BCUT2D eigenvalue weighted by atomic mass is 16.5. The van der Waals surface area contributed by atoms with Gasteiger partial charge in [-0.2, -0.15) is 0 Å². The molecule has 106 valence electrons. The van der Waals surface area contributed by atoms with Gasteiger partial charge in [-0.3, -0.25) is 4.79 Å². The minimum absolute atomic E-state index is 0.0243. The van der Waals surface area contributed by atoms with Crippen LogP contribution in [0.5, 0.6) is 0 Å². The quantitative estimate of drug-likeness (QED) is 0.784. The molecule has 0 aliphatic carbocycles. The third kappa shape index (κ3) is 5.41.